The first-order valence-electron chi connectivity index (χ1n) is 11.1. The molecule has 0 aliphatic rings. The first kappa shape index (κ1) is 26.7. The van der Waals surface area contributed by atoms with E-state index < -0.39 is 23.2 Å². The van der Waals surface area contributed by atoms with Gasteiger partial charge >= 0.3 is 12.1 Å². The molecule has 5 nitrogen and oxygen atoms in total. The van der Waals surface area contributed by atoms with E-state index in [2.05, 4.69) is 4.98 Å². The Morgan fingerprint density at radius 2 is 1.84 bits per heavy atom. The average Bonchev–Trinajstić information content (AvgIpc) is 3.34. The molecule has 0 saturated carbocycles. The summed E-state index contributed by atoms with van der Waals surface area (Å²) in [7, 11) is 0. The Bertz CT molecular complexity index is 1390. The number of alkyl halides is 3. The van der Waals surface area contributed by atoms with Crippen LogP contribution in [0.4, 0.5) is 13.2 Å². The normalized spacial score (nSPS) is 13.2. The summed E-state index contributed by atoms with van der Waals surface area (Å²) in [5.74, 6) is -0.528. The van der Waals surface area contributed by atoms with Crippen LogP contribution in [-0.4, -0.2) is 16.1 Å². The van der Waals surface area contributed by atoms with Crippen molar-refractivity contribution in [1.82, 2.24) is 4.98 Å². The molecule has 0 aliphatic carbocycles. The van der Waals surface area contributed by atoms with Gasteiger partial charge in [-0.2, -0.15) is 13.2 Å². The Morgan fingerprint density at radius 3 is 2.54 bits per heavy atom. The topological polar surface area (TPSA) is 85.4 Å². The molecule has 0 fully saturated rings. The van der Waals surface area contributed by atoms with Gasteiger partial charge in [-0.15, -0.1) is 11.3 Å². The van der Waals surface area contributed by atoms with Crippen molar-refractivity contribution < 1.29 is 27.8 Å². The maximum atomic E-state index is 14.0. The van der Waals surface area contributed by atoms with Crippen LogP contribution in [0.3, 0.4) is 0 Å². The number of nitrogens with zero attached hydrogens (tertiary/aromatic N) is 1. The standard InChI is InChI=1S/C27H23F3N2O3S2/c1-26(31,14-24(33)34)25-32-15-23(37-25)18-10-11-22(21(12-18)27(28,29)30)36-20-9-5-8-19(13-20)35-16-17-6-3-2-4-7-17/h2-13,15H,14,16,31H2,1H3,(H,33,34)/t26-/m0/s1. The van der Waals surface area contributed by atoms with Crippen molar-refractivity contribution >= 4 is 29.1 Å². The van der Waals surface area contributed by atoms with Gasteiger partial charge in [0.1, 0.15) is 17.4 Å². The summed E-state index contributed by atoms with van der Waals surface area (Å²) in [5, 5.41) is 9.41. The number of carboxylic acid groups (broad SMARTS) is 1. The Hall–Kier alpha value is -3.34. The van der Waals surface area contributed by atoms with Gasteiger partial charge in [-0.05, 0) is 48.4 Å². The van der Waals surface area contributed by atoms with Crippen molar-refractivity contribution in [2.45, 2.75) is 41.5 Å². The van der Waals surface area contributed by atoms with Crippen LogP contribution in [0.1, 0.15) is 29.5 Å². The number of halogens is 3. The van der Waals surface area contributed by atoms with E-state index in [1.54, 1.807) is 30.3 Å². The van der Waals surface area contributed by atoms with E-state index in [-0.39, 0.29) is 11.3 Å². The summed E-state index contributed by atoms with van der Waals surface area (Å²) in [6, 6.07) is 20.6. The Morgan fingerprint density at radius 1 is 1.08 bits per heavy atom. The molecule has 0 amide bonds. The number of carboxylic acids is 1. The number of hydrogen-bond acceptors (Lipinski definition) is 6. The van der Waals surface area contributed by atoms with Crippen molar-refractivity contribution in [2.24, 2.45) is 5.73 Å². The molecular weight excluding hydrogens is 521 g/mol. The molecule has 1 heterocycles. The average molecular weight is 545 g/mol. The number of ether oxygens (including phenoxy) is 1. The van der Waals surface area contributed by atoms with Gasteiger partial charge in [0.25, 0.3) is 0 Å². The molecular formula is C27H23F3N2O3S2. The van der Waals surface area contributed by atoms with E-state index in [1.807, 2.05) is 30.3 Å². The number of aromatic nitrogens is 1. The summed E-state index contributed by atoms with van der Waals surface area (Å²) in [6.07, 6.45) is -3.51. The molecule has 0 unspecified atom stereocenters. The third-order valence-corrected chi connectivity index (χ3v) is 7.76. The van der Waals surface area contributed by atoms with Gasteiger partial charge in [0.2, 0.25) is 0 Å². The van der Waals surface area contributed by atoms with Crippen LogP contribution < -0.4 is 10.5 Å². The summed E-state index contributed by atoms with van der Waals surface area (Å²) >= 11 is 2.08. The van der Waals surface area contributed by atoms with Gasteiger partial charge in [0, 0.05) is 16.0 Å². The number of hydrogen-bond donors (Lipinski definition) is 2. The fraction of sp³-hybridized carbons (Fsp3) is 0.185. The molecule has 37 heavy (non-hydrogen) atoms. The van der Waals surface area contributed by atoms with Gasteiger partial charge in [0.15, 0.2) is 0 Å². The first-order valence-corrected chi connectivity index (χ1v) is 12.8. The minimum atomic E-state index is -4.58. The predicted molar refractivity (Wildman–Crippen MR) is 138 cm³/mol. The number of aliphatic carboxylic acids is 1. The van der Waals surface area contributed by atoms with Crippen LogP contribution in [0.2, 0.25) is 0 Å². The molecule has 192 valence electrons. The third kappa shape index (κ3) is 6.91. The maximum Gasteiger partial charge on any atom is 0.417 e. The van der Waals surface area contributed by atoms with Crippen LogP contribution in [0.25, 0.3) is 10.4 Å². The van der Waals surface area contributed by atoms with E-state index in [9.17, 15) is 18.0 Å². The van der Waals surface area contributed by atoms with E-state index in [4.69, 9.17) is 15.6 Å². The van der Waals surface area contributed by atoms with Crippen LogP contribution in [-0.2, 0) is 23.1 Å². The summed E-state index contributed by atoms with van der Waals surface area (Å²) in [4.78, 5) is 16.4. The quantitative estimate of drug-likeness (QED) is 0.232. The van der Waals surface area contributed by atoms with E-state index >= 15 is 0 Å². The smallest absolute Gasteiger partial charge is 0.417 e. The highest BCUT2D eigenvalue weighted by molar-refractivity contribution is 7.99. The van der Waals surface area contributed by atoms with Gasteiger partial charge in [-0.1, -0.05) is 54.2 Å². The SMILES string of the molecule is C[C@](N)(CC(=O)O)c1ncc(-c2ccc(Sc3cccc(OCc4ccccc4)c3)c(C(F)(F)F)c2)s1. The molecule has 4 rings (SSSR count). The van der Waals surface area contributed by atoms with E-state index in [1.165, 1.54) is 19.2 Å². The predicted octanol–water partition coefficient (Wildman–Crippen LogP) is 7.21. The Labute approximate surface area is 220 Å². The minimum absolute atomic E-state index is 0.0516. The highest BCUT2D eigenvalue weighted by Gasteiger charge is 2.34. The molecule has 10 heteroatoms. The van der Waals surface area contributed by atoms with Crippen LogP contribution in [0, 0.1) is 0 Å². The largest absolute Gasteiger partial charge is 0.489 e. The number of thiazole rings is 1. The van der Waals surface area contributed by atoms with Gasteiger partial charge in [0.05, 0.1) is 22.4 Å². The molecule has 0 radical (unpaired) electrons. The molecule has 1 atom stereocenters. The van der Waals surface area contributed by atoms with Crippen molar-refractivity contribution in [3.8, 4) is 16.2 Å². The lowest BCUT2D eigenvalue weighted by Gasteiger charge is -2.19. The molecule has 1 aromatic heterocycles. The molecule has 4 aromatic rings. The van der Waals surface area contributed by atoms with Gasteiger partial charge in [-0.25, -0.2) is 4.98 Å². The molecule has 3 N–H and O–H groups in total. The molecule has 0 spiro atoms. The van der Waals surface area contributed by atoms with Gasteiger partial charge < -0.3 is 15.6 Å². The van der Waals surface area contributed by atoms with Crippen LogP contribution in [0.15, 0.2) is 88.8 Å². The van der Waals surface area contributed by atoms with Crippen molar-refractivity contribution in [2.75, 3.05) is 0 Å². The fourth-order valence-corrected chi connectivity index (χ4v) is 5.52. The molecule has 0 bridgehead atoms. The number of carbonyl (C=O) groups is 1. The highest BCUT2D eigenvalue weighted by atomic mass is 32.2. The lowest BCUT2D eigenvalue weighted by molar-refractivity contribution is -0.140. The molecule has 0 saturated heterocycles. The van der Waals surface area contributed by atoms with Crippen LogP contribution in [0.5, 0.6) is 5.75 Å². The molecule has 3 aromatic carbocycles. The van der Waals surface area contributed by atoms with Crippen molar-refractivity contribution in [1.29, 1.82) is 0 Å². The third-order valence-electron chi connectivity index (χ3n) is 5.36. The second kappa shape index (κ2) is 11.0. The Kier molecular flexibility index (Phi) is 7.91. The van der Waals surface area contributed by atoms with Crippen molar-refractivity contribution in [3.63, 3.8) is 0 Å². The van der Waals surface area contributed by atoms with Gasteiger partial charge in [-0.3, -0.25) is 4.79 Å². The van der Waals surface area contributed by atoms with Crippen LogP contribution >= 0.6 is 23.1 Å². The minimum Gasteiger partial charge on any atom is -0.489 e. The highest BCUT2D eigenvalue weighted by Crippen LogP contribution is 2.43. The second-order valence-corrected chi connectivity index (χ2v) is 10.7. The molecule has 0 aliphatic heterocycles. The number of benzene rings is 3. The summed E-state index contributed by atoms with van der Waals surface area (Å²) in [5.41, 5.74) is 5.38. The second-order valence-electron chi connectivity index (χ2n) is 8.58. The van der Waals surface area contributed by atoms with Crippen molar-refractivity contribution in [3.05, 3.63) is 95.1 Å². The summed E-state index contributed by atoms with van der Waals surface area (Å²) in [6.45, 7) is 1.88. The first-order chi connectivity index (χ1) is 17.5. The maximum absolute atomic E-state index is 14.0. The monoisotopic (exact) mass is 544 g/mol. The zero-order chi connectivity index (χ0) is 26.6. The fourth-order valence-electron chi connectivity index (χ4n) is 3.55. The number of nitrogens with two attached hydrogens (primary N) is 1. The lowest BCUT2D eigenvalue weighted by Crippen LogP contribution is -2.35. The zero-order valence-electron chi connectivity index (χ0n) is 19.7. The van der Waals surface area contributed by atoms with E-state index in [0.29, 0.717) is 32.7 Å². The lowest BCUT2D eigenvalue weighted by atomic mass is 10.0. The number of rotatable bonds is 9. The Balaban J connectivity index is 1.57. The summed E-state index contributed by atoms with van der Waals surface area (Å²) < 4.78 is 47.9. The van der Waals surface area contributed by atoms with E-state index in [0.717, 1.165) is 34.7 Å². The zero-order valence-corrected chi connectivity index (χ0v) is 21.3.